The lowest BCUT2D eigenvalue weighted by atomic mass is 10.0. The molecule has 1 atom stereocenters. The van der Waals surface area contributed by atoms with Crippen molar-refractivity contribution in [2.75, 3.05) is 6.54 Å². The van der Waals surface area contributed by atoms with Crippen LogP contribution in [0.4, 0.5) is 0 Å². The molecule has 2 aromatic rings. The Morgan fingerprint density at radius 1 is 1.00 bits per heavy atom. The molecule has 0 spiro atoms. The van der Waals surface area contributed by atoms with E-state index < -0.39 is 6.04 Å². The zero-order chi connectivity index (χ0) is 20.5. The minimum absolute atomic E-state index is 0.0269. The van der Waals surface area contributed by atoms with Gasteiger partial charge >= 0.3 is 0 Å². The second kappa shape index (κ2) is 10.6. The molecule has 0 aliphatic carbocycles. The number of benzene rings is 2. The number of amides is 2. The summed E-state index contributed by atoms with van der Waals surface area (Å²) in [4.78, 5) is 27.8. The minimum atomic E-state index is -0.476. The van der Waals surface area contributed by atoms with Gasteiger partial charge in [0.25, 0.3) is 0 Å². The Balaban J connectivity index is 2.23. The monoisotopic (exact) mass is 380 g/mol. The molecule has 2 amide bonds. The summed E-state index contributed by atoms with van der Waals surface area (Å²) in [5.41, 5.74) is 3.12. The van der Waals surface area contributed by atoms with Crippen LogP contribution < -0.4 is 5.32 Å². The van der Waals surface area contributed by atoms with Crippen LogP contribution in [0.25, 0.3) is 0 Å². The number of hydrogen-bond acceptors (Lipinski definition) is 2. The Hall–Kier alpha value is -2.62. The summed E-state index contributed by atoms with van der Waals surface area (Å²) < 4.78 is 0. The van der Waals surface area contributed by atoms with E-state index in [0.29, 0.717) is 31.8 Å². The Morgan fingerprint density at radius 2 is 1.68 bits per heavy atom. The van der Waals surface area contributed by atoms with Crippen LogP contribution in [0.1, 0.15) is 43.9 Å². The first-order chi connectivity index (χ1) is 13.4. The van der Waals surface area contributed by atoms with E-state index >= 15 is 0 Å². The summed E-state index contributed by atoms with van der Waals surface area (Å²) >= 11 is 0. The predicted molar refractivity (Wildman–Crippen MR) is 114 cm³/mol. The van der Waals surface area contributed by atoms with Crippen LogP contribution in [0.5, 0.6) is 0 Å². The predicted octanol–water partition coefficient (Wildman–Crippen LogP) is 4.12. The Bertz CT molecular complexity index is 771. The molecule has 0 radical (unpaired) electrons. The van der Waals surface area contributed by atoms with Gasteiger partial charge in [-0.05, 0) is 30.4 Å². The molecule has 2 rings (SSSR count). The number of carbonyl (C=O) groups is 2. The van der Waals surface area contributed by atoms with Gasteiger partial charge in [0.2, 0.25) is 11.8 Å². The fraction of sp³-hybridized carbons (Fsp3) is 0.417. The topological polar surface area (TPSA) is 49.4 Å². The van der Waals surface area contributed by atoms with Gasteiger partial charge in [-0.25, -0.2) is 0 Å². The fourth-order valence-corrected chi connectivity index (χ4v) is 3.22. The minimum Gasteiger partial charge on any atom is -0.354 e. The Labute approximate surface area is 169 Å². The quantitative estimate of drug-likeness (QED) is 0.711. The molecule has 0 heterocycles. The van der Waals surface area contributed by atoms with Crippen LogP contribution in [-0.4, -0.2) is 29.3 Å². The summed E-state index contributed by atoms with van der Waals surface area (Å²) in [7, 11) is 0. The van der Waals surface area contributed by atoms with Crippen molar-refractivity contribution in [3.63, 3.8) is 0 Å². The third kappa shape index (κ3) is 6.52. The summed E-state index contributed by atoms with van der Waals surface area (Å²) in [6.07, 6.45) is 0.874. The summed E-state index contributed by atoms with van der Waals surface area (Å²) in [5, 5.41) is 2.99. The highest BCUT2D eigenvalue weighted by Gasteiger charge is 2.28. The molecule has 0 saturated carbocycles. The van der Waals surface area contributed by atoms with Crippen molar-refractivity contribution in [2.24, 2.45) is 5.92 Å². The van der Waals surface area contributed by atoms with Crippen molar-refractivity contribution in [3.8, 4) is 0 Å². The van der Waals surface area contributed by atoms with Gasteiger partial charge in [-0.1, -0.05) is 80.9 Å². The summed E-state index contributed by atoms with van der Waals surface area (Å²) in [6, 6.07) is 17.3. The molecule has 0 fully saturated rings. The van der Waals surface area contributed by atoms with E-state index in [1.807, 2.05) is 68.4 Å². The van der Waals surface area contributed by atoms with Crippen molar-refractivity contribution in [1.29, 1.82) is 0 Å². The number of nitrogens with zero attached hydrogens (tertiary/aromatic N) is 1. The van der Waals surface area contributed by atoms with Crippen LogP contribution in [0.2, 0.25) is 0 Å². The van der Waals surface area contributed by atoms with E-state index in [2.05, 4.69) is 19.2 Å². The molecule has 2 aromatic carbocycles. The molecule has 4 heteroatoms. The first-order valence-electron chi connectivity index (χ1n) is 10.1. The Kier molecular flexibility index (Phi) is 8.24. The van der Waals surface area contributed by atoms with Crippen molar-refractivity contribution >= 4 is 11.8 Å². The standard InChI is InChI=1S/C24H32N2O2/c1-5-22(24(28)25-16-18(2)3)26(17-20-11-7-6-8-12-20)23(27)15-21-13-9-10-19(4)14-21/h6-14,18,22H,5,15-17H2,1-4H3,(H,25,28)/t22-/m0/s1. The maximum Gasteiger partial charge on any atom is 0.242 e. The third-order valence-corrected chi connectivity index (χ3v) is 4.70. The van der Waals surface area contributed by atoms with Crippen LogP contribution in [0.3, 0.4) is 0 Å². The number of hydrogen-bond donors (Lipinski definition) is 1. The van der Waals surface area contributed by atoms with Gasteiger partial charge in [0.15, 0.2) is 0 Å². The average molecular weight is 381 g/mol. The van der Waals surface area contributed by atoms with Crippen molar-refractivity contribution in [2.45, 2.75) is 53.1 Å². The number of carbonyl (C=O) groups excluding carboxylic acids is 2. The van der Waals surface area contributed by atoms with E-state index in [-0.39, 0.29) is 11.8 Å². The molecule has 0 aliphatic heterocycles. The fourth-order valence-electron chi connectivity index (χ4n) is 3.22. The van der Waals surface area contributed by atoms with E-state index in [0.717, 1.165) is 16.7 Å². The summed E-state index contributed by atoms with van der Waals surface area (Å²) in [5.74, 6) is 0.262. The van der Waals surface area contributed by atoms with Crippen LogP contribution in [0, 0.1) is 12.8 Å². The lowest BCUT2D eigenvalue weighted by Gasteiger charge is -2.31. The zero-order valence-electron chi connectivity index (χ0n) is 17.4. The molecule has 4 nitrogen and oxygen atoms in total. The molecular formula is C24H32N2O2. The molecule has 0 bridgehead atoms. The van der Waals surface area contributed by atoms with Gasteiger partial charge in [-0.3, -0.25) is 9.59 Å². The molecule has 0 aliphatic rings. The maximum absolute atomic E-state index is 13.2. The van der Waals surface area contributed by atoms with Crippen molar-refractivity contribution < 1.29 is 9.59 Å². The maximum atomic E-state index is 13.2. The lowest BCUT2D eigenvalue weighted by molar-refractivity contribution is -0.141. The average Bonchev–Trinajstić information content (AvgIpc) is 2.67. The highest BCUT2D eigenvalue weighted by atomic mass is 16.2. The van der Waals surface area contributed by atoms with Gasteiger partial charge < -0.3 is 10.2 Å². The van der Waals surface area contributed by atoms with Crippen molar-refractivity contribution in [3.05, 3.63) is 71.3 Å². The number of rotatable bonds is 9. The highest BCUT2D eigenvalue weighted by Crippen LogP contribution is 2.15. The van der Waals surface area contributed by atoms with E-state index in [9.17, 15) is 9.59 Å². The van der Waals surface area contributed by atoms with Gasteiger partial charge in [0.1, 0.15) is 6.04 Å². The van der Waals surface area contributed by atoms with Gasteiger partial charge in [0.05, 0.1) is 6.42 Å². The first-order valence-corrected chi connectivity index (χ1v) is 10.1. The Morgan fingerprint density at radius 3 is 2.29 bits per heavy atom. The first kappa shape index (κ1) is 21.7. The van der Waals surface area contributed by atoms with Gasteiger partial charge in [-0.2, -0.15) is 0 Å². The summed E-state index contributed by atoms with van der Waals surface area (Å²) in [6.45, 7) is 9.14. The number of nitrogens with one attached hydrogen (secondary N) is 1. The van der Waals surface area contributed by atoms with E-state index in [1.165, 1.54) is 0 Å². The third-order valence-electron chi connectivity index (χ3n) is 4.70. The van der Waals surface area contributed by atoms with E-state index in [4.69, 9.17) is 0 Å². The van der Waals surface area contributed by atoms with Crippen LogP contribution in [0.15, 0.2) is 54.6 Å². The van der Waals surface area contributed by atoms with E-state index in [1.54, 1.807) is 4.90 Å². The molecule has 150 valence electrons. The molecule has 0 saturated heterocycles. The molecule has 0 unspecified atom stereocenters. The second-order valence-corrected chi connectivity index (χ2v) is 7.74. The van der Waals surface area contributed by atoms with Crippen LogP contribution in [-0.2, 0) is 22.6 Å². The normalized spacial score (nSPS) is 11.9. The number of aryl methyl sites for hydroxylation is 1. The molecular weight excluding hydrogens is 348 g/mol. The molecule has 28 heavy (non-hydrogen) atoms. The SMILES string of the molecule is CC[C@@H](C(=O)NCC(C)C)N(Cc1ccccc1)C(=O)Cc1cccc(C)c1. The van der Waals surface area contributed by atoms with Crippen LogP contribution >= 0.6 is 0 Å². The second-order valence-electron chi connectivity index (χ2n) is 7.74. The molecule has 1 N–H and O–H groups in total. The zero-order valence-corrected chi connectivity index (χ0v) is 17.4. The van der Waals surface area contributed by atoms with Gasteiger partial charge in [0, 0.05) is 13.1 Å². The smallest absolute Gasteiger partial charge is 0.242 e. The highest BCUT2D eigenvalue weighted by molar-refractivity contribution is 5.88. The molecule has 0 aromatic heterocycles. The van der Waals surface area contributed by atoms with Gasteiger partial charge in [-0.15, -0.1) is 0 Å². The lowest BCUT2D eigenvalue weighted by Crippen LogP contribution is -2.50. The van der Waals surface area contributed by atoms with Crippen molar-refractivity contribution in [1.82, 2.24) is 10.2 Å². The largest absolute Gasteiger partial charge is 0.354 e.